The van der Waals surface area contributed by atoms with Gasteiger partial charge in [-0.05, 0) is 44.9 Å². The number of aliphatic hydroxyl groups is 1. The van der Waals surface area contributed by atoms with Gasteiger partial charge in [0.15, 0.2) is 6.04 Å². The van der Waals surface area contributed by atoms with Crippen LogP contribution in [0.1, 0.15) is 155 Å². The van der Waals surface area contributed by atoms with Crippen molar-refractivity contribution in [1.29, 1.82) is 0 Å². The number of phosphoric acid groups is 1. The van der Waals surface area contributed by atoms with Gasteiger partial charge < -0.3 is 25.2 Å². The predicted molar refractivity (Wildman–Crippen MR) is 189 cm³/mol. The largest absolute Gasteiger partial charge is 0.480 e. The second kappa shape index (κ2) is 32.2. The van der Waals surface area contributed by atoms with Gasteiger partial charge in [-0.15, -0.1) is 0 Å². The van der Waals surface area contributed by atoms with E-state index in [0.717, 1.165) is 64.2 Å². The highest BCUT2D eigenvalue weighted by molar-refractivity contribution is 7.47. The number of esters is 1. The first-order chi connectivity index (χ1) is 23.1. The lowest BCUT2D eigenvalue weighted by atomic mass is 10.1. The molecule has 280 valence electrons. The normalized spacial score (nSPS) is 14.2. The second-order valence-electron chi connectivity index (χ2n) is 12.4. The number of phosphoric ester groups is 1. The van der Waals surface area contributed by atoms with E-state index < -0.39 is 57.6 Å². The number of hydrogen-bond acceptors (Lipinski definition) is 8. The highest BCUT2D eigenvalue weighted by Crippen LogP contribution is 2.43. The van der Waals surface area contributed by atoms with Crippen molar-refractivity contribution in [2.75, 3.05) is 19.8 Å². The number of aliphatic hydroxyl groups excluding tert-OH is 1. The van der Waals surface area contributed by atoms with Crippen molar-refractivity contribution in [2.45, 2.75) is 167 Å². The van der Waals surface area contributed by atoms with Crippen molar-refractivity contribution in [3.8, 4) is 0 Å². The van der Waals surface area contributed by atoms with Crippen molar-refractivity contribution in [3.63, 3.8) is 0 Å². The number of carbonyl (C=O) groups is 3. The maximum absolute atomic E-state index is 12.2. The van der Waals surface area contributed by atoms with Gasteiger partial charge in [-0.2, -0.15) is 0 Å². The zero-order chi connectivity index (χ0) is 35.7. The standard InChI is InChI=1S/C36H66NO10P/c1-3-5-7-9-11-13-14-15-16-17-18-19-20-21-23-25-27-34(39)37-33(36(41)42)31-47-48(43,44)46-30-32(38)29-45-35(40)28-26-24-22-12-10-8-6-4-2/h13-14,16-17,32-33,38H,3-12,15,18-31H2,1-2H3,(H,37,39)(H,41,42)(H,43,44)/b14-13-,17-16-. The molecule has 0 aromatic heterocycles. The SMILES string of the molecule is CCCCCC/C=C\C/C=C\CCCCCCCC(=O)NC(COP(=O)(O)OCC(O)COC(=O)CCCCCCCCCC)C(=O)O. The monoisotopic (exact) mass is 703 g/mol. The third kappa shape index (κ3) is 31.2. The molecule has 12 heteroatoms. The number of allylic oxidation sites excluding steroid dienone is 4. The van der Waals surface area contributed by atoms with E-state index in [9.17, 15) is 34.1 Å². The predicted octanol–water partition coefficient (Wildman–Crippen LogP) is 8.33. The molecule has 0 aromatic carbocycles. The minimum absolute atomic E-state index is 0.131. The molecule has 3 unspecified atom stereocenters. The van der Waals surface area contributed by atoms with E-state index in [1.165, 1.54) is 51.4 Å². The zero-order valence-corrected chi connectivity index (χ0v) is 30.7. The second-order valence-corrected chi connectivity index (χ2v) is 13.9. The first-order valence-electron chi connectivity index (χ1n) is 18.4. The summed E-state index contributed by atoms with van der Waals surface area (Å²) in [4.78, 5) is 45.5. The molecule has 0 fully saturated rings. The lowest BCUT2D eigenvalue weighted by Crippen LogP contribution is -2.43. The molecule has 48 heavy (non-hydrogen) atoms. The summed E-state index contributed by atoms with van der Waals surface area (Å²) in [5.74, 6) is -2.40. The van der Waals surface area contributed by atoms with Crippen molar-refractivity contribution in [2.24, 2.45) is 0 Å². The van der Waals surface area contributed by atoms with Crippen LogP contribution in [-0.4, -0.2) is 64.9 Å². The van der Waals surface area contributed by atoms with Gasteiger partial charge in [0, 0.05) is 12.8 Å². The number of amides is 1. The number of aliphatic carboxylic acids is 1. The van der Waals surface area contributed by atoms with Gasteiger partial charge in [0.2, 0.25) is 5.91 Å². The zero-order valence-electron chi connectivity index (χ0n) is 29.8. The molecule has 1 amide bonds. The van der Waals surface area contributed by atoms with E-state index >= 15 is 0 Å². The van der Waals surface area contributed by atoms with Crippen LogP contribution in [0.2, 0.25) is 0 Å². The van der Waals surface area contributed by atoms with E-state index in [4.69, 9.17) is 13.8 Å². The Bertz CT molecular complexity index is 926. The Morgan fingerprint density at radius 1 is 0.667 bits per heavy atom. The summed E-state index contributed by atoms with van der Waals surface area (Å²) < 4.78 is 26.6. The Labute approximate surface area is 289 Å². The number of carbonyl (C=O) groups excluding carboxylic acids is 2. The van der Waals surface area contributed by atoms with E-state index in [-0.39, 0.29) is 12.8 Å². The van der Waals surface area contributed by atoms with Gasteiger partial charge in [0.05, 0.1) is 13.2 Å². The molecule has 0 saturated heterocycles. The lowest BCUT2D eigenvalue weighted by Gasteiger charge is -2.18. The van der Waals surface area contributed by atoms with Crippen LogP contribution < -0.4 is 5.32 Å². The van der Waals surface area contributed by atoms with Gasteiger partial charge in [0.1, 0.15) is 12.7 Å². The van der Waals surface area contributed by atoms with Gasteiger partial charge in [-0.3, -0.25) is 18.6 Å². The molecule has 0 aromatic rings. The van der Waals surface area contributed by atoms with Gasteiger partial charge in [0.25, 0.3) is 0 Å². The highest BCUT2D eigenvalue weighted by Gasteiger charge is 2.28. The summed E-state index contributed by atoms with van der Waals surface area (Å²) in [5, 5.41) is 21.7. The van der Waals surface area contributed by atoms with E-state index in [2.05, 4.69) is 43.5 Å². The maximum atomic E-state index is 12.2. The Morgan fingerprint density at radius 3 is 1.71 bits per heavy atom. The fourth-order valence-electron chi connectivity index (χ4n) is 4.81. The van der Waals surface area contributed by atoms with Crippen LogP contribution in [0.3, 0.4) is 0 Å². The van der Waals surface area contributed by atoms with Crippen molar-refractivity contribution in [1.82, 2.24) is 5.32 Å². The van der Waals surface area contributed by atoms with Crippen molar-refractivity contribution < 1.29 is 47.8 Å². The number of carboxylic acids is 1. The van der Waals surface area contributed by atoms with Gasteiger partial charge in [-0.25, -0.2) is 9.36 Å². The van der Waals surface area contributed by atoms with Crippen LogP contribution in [-0.2, 0) is 32.7 Å². The molecule has 0 aliphatic rings. The average molecular weight is 704 g/mol. The lowest BCUT2D eigenvalue weighted by molar-refractivity contribution is -0.147. The minimum atomic E-state index is -4.74. The summed E-state index contributed by atoms with van der Waals surface area (Å²) in [6.45, 7) is 2.50. The quantitative estimate of drug-likeness (QED) is 0.0221. The molecule has 0 rings (SSSR count). The summed E-state index contributed by atoms with van der Waals surface area (Å²) in [6.07, 6.45) is 29.4. The number of hydrogen-bond donors (Lipinski definition) is 4. The molecule has 0 spiro atoms. The van der Waals surface area contributed by atoms with E-state index in [1.54, 1.807) is 0 Å². The van der Waals surface area contributed by atoms with Crippen LogP contribution in [0.15, 0.2) is 24.3 Å². The molecule has 0 aliphatic carbocycles. The Morgan fingerprint density at radius 2 is 1.15 bits per heavy atom. The number of carboxylic acid groups (broad SMARTS) is 1. The maximum Gasteiger partial charge on any atom is 0.472 e. The smallest absolute Gasteiger partial charge is 0.472 e. The van der Waals surface area contributed by atoms with Crippen molar-refractivity contribution in [3.05, 3.63) is 24.3 Å². The highest BCUT2D eigenvalue weighted by atomic mass is 31.2. The van der Waals surface area contributed by atoms with Gasteiger partial charge in [-0.1, -0.05) is 122 Å². The van der Waals surface area contributed by atoms with Crippen LogP contribution in [0.4, 0.5) is 0 Å². The molecule has 0 radical (unpaired) electrons. The Kier molecular flexibility index (Phi) is 30.8. The van der Waals surface area contributed by atoms with E-state index in [0.29, 0.717) is 12.8 Å². The molecular formula is C36H66NO10P. The summed E-state index contributed by atoms with van der Waals surface area (Å²) in [7, 11) is -4.74. The molecule has 0 bridgehead atoms. The van der Waals surface area contributed by atoms with Crippen LogP contribution in [0.5, 0.6) is 0 Å². The first-order valence-corrected chi connectivity index (χ1v) is 19.9. The molecule has 0 aliphatic heterocycles. The van der Waals surface area contributed by atoms with Crippen LogP contribution >= 0.6 is 7.82 Å². The van der Waals surface area contributed by atoms with Crippen molar-refractivity contribution >= 4 is 25.7 Å². The fourth-order valence-corrected chi connectivity index (χ4v) is 5.59. The molecule has 4 N–H and O–H groups in total. The summed E-state index contributed by atoms with van der Waals surface area (Å²) >= 11 is 0. The third-order valence-electron chi connectivity index (χ3n) is 7.74. The molecule has 11 nitrogen and oxygen atoms in total. The summed E-state index contributed by atoms with van der Waals surface area (Å²) in [5.41, 5.74) is 0. The molecular weight excluding hydrogens is 637 g/mol. The van der Waals surface area contributed by atoms with Gasteiger partial charge >= 0.3 is 19.8 Å². The molecule has 0 saturated carbocycles. The number of unbranched alkanes of at least 4 members (excludes halogenated alkanes) is 16. The first kappa shape index (κ1) is 46.0. The summed E-state index contributed by atoms with van der Waals surface area (Å²) in [6, 6.07) is -1.55. The molecule has 0 heterocycles. The third-order valence-corrected chi connectivity index (χ3v) is 8.69. The Hall–Kier alpha value is -2.04. The topological polar surface area (TPSA) is 169 Å². The van der Waals surface area contributed by atoms with Crippen LogP contribution in [0.25, 0.3) is 0 Å². The number of ether oxygens (including phenoxy) is 1. The Balaban J connectivity index is 4.02. The average Bonchev–Trinajstić information content (AvgIpc) is 3.05. The number of nitrogens with one attached hydrogen (secondary N) is 1. The number of rotatable bonds is 34. The fraction of sp³-hybridized carbons (Fsp3) is 0.806. The van der Waals surface area contributed by atoms with Crippen LogP contribution in [0, 0.1) is 0 Å². The minimum Gasteiger partial charge on any atom is -0.480 e. The molecule has 3 atom stereocenters. The van der Waals surface area contributed by atoms with E-state index in [1.807, 2.05) is 0 Å².